The van der Waals surface area contributed by atoms with Gasteiger partial charge >= 0.3 is 0 Å². The Labute approximate surface area is 129 Å². The Hall–Kier alpha value is -2.50. The summed E-state index contributed by atoms with van der Waals surface area (Å²) in [5, 5.41) is 0. The first-order valence-electron chi connectivity index (χ1n) is 7.44. The maximum atomic E-state index is 12.5. The number of nitrogens with zero attached hydrogens (tertiary/aromatic N) is 2. The number of hydrogen-bond acceptors (Lipinski definition) is 2. The molecule has 0 aromatic carbocycles. The predicted octanol–water partition coefficient (Wildman–Crippen LogP) is 1.56. The van der Waals surface area contributed by atoms with Crippen LogP contribution in [0.15, 0.2) is 24.5 Å². The van der Waals surface area contributed by atoms with Crippen molar-refractivity contribution >= 4 is 11.8 Å². The first-order valence-corrected chi connectivity index (χ1v) is 7.44. The van der Waals surface area contributed by atoms with Crippen molar-refractivity contribution in [2.45, 2.75) is 13.8 Å². The molecular weight excluding hydrogens is 280 g/mol. The Bertz CT molecular complexity index is 679. The van der Waals surface area contributed by atoms with E-state index in [1.165, 1.54) is 0 Å². The van der Waals surface area contributed by atoms with Gasteiger partial charge in [-0.3, -0.25) is 9.59 Å². The van der Waals surface area contributed by atoms with E-state index in [9.17, 15) is 9.59 Å². The molecule has 0 spiro atoms. The lowest BCUT2D eigenvalue weighted by molar-refractivity contribution is 0.0535. The largest absolute Gasteiger partial charge is 0.367 e. The fourth-order valence-electron chi connectivity index (χ4n) is 2.87. The Morgan fingerprint density at radius 3 is 2.18 bits per heavy atom. The zero-order chi connectivity index (χ0) is 15.7. The maximum Gasteiger partial charge on any atom is 0.255 e. The molecule has 6 nitrogen and oxygen atoms in total. The highest BCUT2D eigenvalue weighted by Gasteiger charge is 2.26. The van der Waals surface area contributed by atoms with Crippen LogP contribution in [0.4, 0.5) is 0 Å². The number of aromatic nitrogens is 2. The quantitative estimate of drug-likeness (QED) is 0.883. The normalized spacial score (nSPS) is 15.2. The van der Waals surface area contributed by atoms with E-state index in [2.05, 4.69) is 9.97 Å². The van der Waals surface area contributed by atoms with Crippen LogP contribution in [0.1, 0.15) is 32.1 Å². The van der Waals surface area contributed by atoms with Crippen molar-refractivity contribution in [1.82, 2.24) is 19.8 Å². The SMILES string of the molecule is Cc1cc(C(=O)N2CCN(C(=O)c3cc[nH]c3)CC2)c(C)[nH]1. The topological polar surface area (TPSA) is 72.2 Å². The molecule has 3 rings (SSSR count). The van der Waals surface area contributed by atoms with Crippen LogP contribution in [0.3, 0.4) is 0 Å². The number of hydrogen-bond donors (Lipinski definition) is 2. The number of rotatable bonds is 2. The Morgan fingerprint density at radius 1 is 1.05 bits per heavy atom. The van der Waals surface area contributed by atoms with E-state index >= 15 is 0 Å². The highest BCUT2D eigenvalue weighted by atomic mass is 16.2. The predicted molar refractivity (Wildman–Crippen MR) is 82.9 cm³/mol. The molecule has 1 fully saturated rings. The molecule has 2 amide bonds. The molecule has 2 N–H and O–H groups in total. The first-order chi connectivity index (χ1) is 10.6. The fraction of sp³-hybridized carbons (Fsp3) is 0.375. The molecule has 0 aliphatic carbocycles. The molecule has 0 unspecified atom stereocenters. The summed E-state index contributed by atoms with van der Waals surface area (Å²) in [6, 6.07) is 3.65. The molecule has 1 saturated heterocycles. The number of carbonyl (C=O) groups is 2. The van der Waals surface area contributed by atoms with Crippen molar-refractivity contribution in [3.63, 3.8) is 0 Å². The van der Waals surface area contributed by atoms with Gasteiger partial charge in [0.1, 0.15) is 0 Å². The van der Waals surface area contributed by atoms with Crippen LogP contribution in [-0.2, 0) is 0 Å². The molecule has 3 heterocycles. The van der Waals surface area contributed by atoms with Crippen LogP contribution >= 0.6 is 0 Å². The minimum atomic E-state index is 0.0158. The van der Waals surface area contributed by atoms with Gasteiger partial charge in [-0.05, 0) is 26.0 Å². The highest BCUT2D eigenvalue weighted by Crippen LogP contribution is 2.15. The van der Waals surface area contributed by atoms with Gasteiger partial charge in [-0.1, -0.05) is 0 Å². The van der Waals surface area contributed by atoms with E-state index in [-0.39, 0.29) is 11.8 Å². The van der Waals surface area contributed by atoms with Gasteiger partial charge in [-0.15, -0.1) is 0 Å². The van der Waals surface area contributed by atoms with Crippen molar-refractivity contribution in [2.24, 2.45) is 0 Å². The van der Waals surface area contributed by atoms with Crippen LogP contribution in [0.25, 0.3) is 0 Å². The lowest BCUT2D eigenvalue weighted by Crippen LogP contribution is -2.50. The summed E-state index contributed by atoms with van der Waals surface area (Å²) in [5.74, 6) is 0.0533. The average molecular weight is 300 g/mol. The minimum Gasteiger partial charge on any atom is -0.367 e. The lowest BCUT2D eigenvalue weighted by Gasteiger charge is -2.34. The van der Waals surface area contributed by atoms with Gasteiger partial charge in [0.05, 0.1) is 11.1 Å². The van der Waals surface area contributed by atoms with Crippen molar-refractivity contribution < 1.29 is 9.59 Å². The van der Waals surface area contributed by atoms with Gasteiger partial charge in [0.25, 0.3) is 11.8 Å². The van der Waals surface area contributed by atoms with Crippen LogP contribution < -0.4 is 0 Å². The third kappa shape index (κ3) is 2.64. The summed E-state index contributed by atoms with van der Waals surface area (Å²) < 4.78 is 0. The molecule has 1 aliphatic heterocycles. The van der Waals surface area contributed by atoms with E-state index in [0.29, 0.717) is 31.7 Å². The van der Waals surface area contributed by atoms with Gasteiger partial charge in [0.2, 0.25) is 0 Å². The molecule has 6 heteroatoms. The summed E-state index contributed by atoms with van der Waals surface area (Å²) in [6.07, 6.45) is 3.44. The average Bonchev–Trinajstić information content (AvgIpc) is 3.15. The van der Waals surface area contributed by atoms with E-state index in [1.54, 1.807) is 23.4 Å². The molecule has 2 aromatic rings. The molecule has 116 valence electrons. The van der Waals surface area contributed by atoms with Crippen molar-refractivity contribution in [3.05, 3.63) is 47.0 Å². The standard InChI is InChI=1S/C16H20N4O2/c1-11-9-14(12(2)18-11)16(22)20-7-5-19(6-8-20)15(21)13-3-4-17-10-13/h3-4,9-10,17-18H,5-8H2,1-2H3. The number of amides is 2. The molecule has 2 aromatic heterocycles. The van der Waals surface area contributed by atoms with Crippen LogP contribution in [0.5, 0.6) is 0 Å². The van der Waals surface area contributed by atoms with Gasteiger partial charge < -0.3 is 19.8 Å². The number of aryl methyl sites for hydroxylation is 2. The third-order valence-electron chi connectivity index (χ3n) is 4.08. The van der Waals surface area contributed by atoms with Crippen molar-refractivity contribution in [2.75, 3.05) is 26.2 Å². The highest BCUT2D eigenvalue weighted by molar-refractivity contribution is 5.96. The van der Waals surface area contributed by atoms with Crippen LogP contribution in [0, 0.1) is 13.8 Å². The van der Waals surface area contributed by atoms with E-state index in [1.807, 2.05) is 24.8 Å². The van der Waals surface area contributed by atoms with Crippen molar-refractivity contribution in [1.29, 1.82) is 0 Å². The monoisotopic (exact) mass is 300 g/mol. The molecule has 0 atom stereocenters. The van der Waals surface area contributed by atoms with Gasteiger partial charge in [-0.2, -0.15) is 0 Å². The van der Waals surface area contributed by atoms with Gasteiger partial charge in [-0.25, -0.2) is 0 Å². The number of aromatic amines is 2. The number of nitrogens with one attached hydrogen (secondary N) is 2. The lowest BCUT2D eigenvalue weighted by atomic mass is 10.2. The number of piperazine rings is 1. The Morgan fingerprint density at radius 2 is 1.68 bits per heavy atom. The fourth-order valence-corrected chi connectivity index (χ4v) is 2.87. The second kappa shape index (κ2) is 5.71. The van der Waals surface area contributed by atoms with Gasteiger partial charge in [0.15, 0.2) is 0 Å². The van der Waals surface area contributed by atoms with E-state index in [0.717, 1.165) is 17.0 Å². The molecule has 0 saturated carbocycles. The van der Waals surface area contributed by atoms with Crippen molar-refractivity contribution in [3.8, 4) is 0 Å². The Balaban J connectivity index is 1.63. The van der Waals surface area contributed by atoms with Crippen LogP contribution in [0.2, 0.25) is 0 Å². The van der Waals surface area contributed by atoms with Gasteiger partial charge in [0, 0.05) is 50.0 Å². The summed E-state index contributed by atoms with van der Waals surface area (Å²) in [4.78, 5) is 34.5. The first kappa shape index (κ1) is 14.4. The molecule has 22 heavy (non-hydrogen) atoms. The molecule has 0 radical (unpaired) electrons. The number of carbonyl (C=O) groups excluding carboxylic acids is 2. The summed E-state index contributed by atoms with van der Waals surface area (Å²) in [6.45, 7) is 6.12. The van der Waals surface area contributed by atoms with E-state index < -0.39 is 0 Å². The molecule has 1 aliphatic rings. The number of H-pyrrole nitrogens is 2. The zero-order valence-corrected chi connectivity index (χ0v) is 12.8. The molecular formula is C16H20N4O2. The summed E-state index contributed by atoms with van der Waals surface area (Å²) in [5.41, 5.74) is 3.27. The Kier molecular flexibility index (Phi) is 3.75. The molecule has 0 bridgehead atoms. The summed E-state index contributed by atoms with van der Waals surface area (Å²) in [7, 11) is 0. The van der Waals surface area contributed by atoms with Crippen LogP contribution in [-0.4, -0.2) is 57.8 Å². The zero-order valence-electron chi connectivity index (χ0n) is 12.8. The maximum absolute atomic E-state index is 12.5. The second-order valence-electron chi connectivity index (χ2n) is 5.68. The van der Waals surface area contributed by atoms with E-state index in [4.69, 9.17) is 0 Å². The smallest absolute Gasteiger partial charge is 0.255 e. The second-order valence-corrected chi connectivity index (χ2v) is 5.68. The summed E-state index contributed by atoms with van der Waals surface area (Å²) >= 11 is 0. The third-order valence-corrected chi connectivity index (χ3v) is 4.08. The minimum absolute atomic E-state index is 0.0158.